The van der Waals surface area contributed by atoms with Crippen molar-refractivity contribution in [1.29, 1.82) is 0 Å². The molecule has 1 aliphatic heterocycles. The summed E-state index contributed by atoms with van der Waals surface area (Å²) in [5.41, 5.74) is 2.28. The lowest BCUT2D eigenvalue weighted by Gasteiger charge is -2.34. The van der Waals surface area contributed by atoms with Crippen molar-refractivity contribution in [1.82, 2.24) is 15.0 Å². The minimum absolute atomic E-state index is 0.146. The molecule has 1 saturated heterocycles. The van der Waals surface area contributed by atoms with E-state index in [2.05, 4.69) is 17.3 Å². The number of benzene rings is 2. The van der Waals surface area contributed by atoms with Crippen LogP contribution in [0.25, 0.3) is 11.3 Å². The van der Waals surface area contributed by atoms with Gasteiger partial charge < -0.3 is 14.3 Å². The van der Waals surface area contributed by atoms with E-state index < -0.39 is 0 Å². The molecule has 0 saturated carbocycles. The van der Waals surface area contributed by atoms with Crippen molar-refractivity contribution in [2.24, 2.45) is 0 Å². The summed E-state index contributed by atoms with van der Waals surface area (Å²) in [6.45, 7) is 2.05. The summed E-state index contributed by atoms with van der Waals surface area (Å²) in [7, 11) is 0. The lowest BCUT2D eigenvalue weighted by atomic mass is 10.1. The monoisotopic (exact) mass is 437 g/mol. The molecule has 6 nitrogen and oxygen atoms in total. The number of hydrogen-bond acceptors (Lipinski definition) is 4. The Balaban J connectivity index is 1.26. The van der Waals surface area contributed by atoms with Crippen LogP contribution in [0.4, 0.5) is 0 Å². The molecular formula is C24H24ClN3O3. The van der Waals surface area contributed by atoms with E-state index in [1.54, 1.807) is 23.1 Å². The predicted molar refractivity (Wildman–Crippen MR) is 119 cm³/mol. The van der Waals surface area contributed by atoms with Gasteiger partial charge in [-0.2, -0.15) is 0 Å². The zero-order chi connectivity index (χ0) is 21.6. The van der Waals surface area contributed by atoms with Gasteiger partial charge in [0, 0.05) is 49.3 Å². The maximum atomic E-state index is 12.8. The second kappa shape index (κ2) is 9.79. The van der Waals surface area contributed by atoms with Crippen LogP contribution in [0.15, 0.2) is 65.2 Å². The molecule has 0 spiro atoms. The molecule has 2 heterocycles. The number of carbonyl (C=O) groups is 2. The van der Waals surface area contributed by atoms with Crippen LogP contribution >= 0.6 is 11.6 Å². The Morgan fingerprint density at radius 1 is 0.935 bits per heavy atom. The first kappa shape index (κ1) is 21.1. The molecule has 2 amide bonds. The molecule has 0 N–H and O–H groups in total. The van der Waals surface area contributed by atoms with E-state index in [1.807, 2.05) is 35.2 Å². The van der Waals surface area contributed by atoms with Gasteiger partial charge in [0.15, 0.2) is 11.5 Å². The van der Waals surface area contributed by atoms with Gasteiger partial charge in [-0.15, -0.1) is 0 Å². The summed E-state index contributed by atoms with van der Waals surface area (Å²) in [5, 5.41) is 4.52. The topological polar surface area (TPSA) is 66.7 Å². The summed E-state index contributed by atoms with van der Waals surface area (Å²) in [5.74, 6) is 0.457. The first-order valence-corrected chi connectivity index (χ1v) is 10.8. The zero-order valence-corrected chi connectivity index (χ0v) is 17.9. The molecule has 1 aromatic heterocycles. The fraction of sp³-hybridized carbons (Fsp3) is 0.292. The highest BCUT2D eigenvalue weighted by molar-refractivity contribution is 6.30. The number of halogens is 1. The Morgan fingerprint density at radius 3 is 2.42 bits per heavy atom. The molecule has 0 aliphatic carbocycles. The molecule has 7 heteroatoms. The molecule has 160 valence electrons. The van der Waals surface area contributed by atoms with Gasteiger partial charge in [0.2, 0.25) is 5.91 Å². The predicted octanol–water partition coefficient (Wildman–Crippen LogP) is 4.30. The largest absolute Gasteiger partial charge is 0.355 e. The van der Waals surface area contributed by atoms with Gasteiger partial charge in [-0.05, 0) is 30.5 Å². The summed E-state index contributed by atoms with van der Waals surface area (Å²) < 4.78 is 5.34. The Labute approximate surface area is 186 Å². The number of nitrogens with zero attached hydrogens (tertiary/aromatic N) is 3. The number of aromatic nitrogens is 1. The van der Waals surface area contributed by atoms with Gasteiger partial charge in [-0.1, -0.05) is 59.2 Å². The van der Waals surface area contributed by atoms with E-state index in [4.69, 9.17) is 16.1 Å². The maximum Gasteiger partial charge on any atom is 0.276 e. The third kappa shape index (κ3) is 5.33. The van der Waals surface area contributed by atoms with Crippen LogP contribution in [-0.2, 0) is 11.2 Å². The quantitative estimate of drug-likeness (QED) is 0.576. The Bertz CT molecular complexity index is 1040. The lowest BCUT2D eigenvalue weighted by molar-refractivity contribution is -0.132. The van der Waals surface area contributed by atoms with E-state index in [0.717, 1.165) is 18.4 Å². The van der Waals surface area contributed by atoms with Gasteiger partial charge in [-0.3, -0.25) is 9.59 Å². The normalized spacial score (nSPS) is 14.0. The fourth-order valence-electron chi connectivity index (χ4n) is 3.72. The summed E-state index contributed by atoms with van der Waals surface area (Å²) in [4.78, 5) is 28.9. The van der Waals surface area contributed by atoms with Crippen LogP contribution in [0.2, 0.25) is 5.02 Å². The second-order valence-electron chi connectivity index (χ2n) is 7.60. The van der Waals surface area contributed by atoms with E-state index in [9.17, 15) is 9.59 Å². The van der Waals surface area contributed by atoms with Crippen molar-refractivity contribution in [2.45, 2.75) is 19.3 Å². The van der Waals surface area contributed by atoms with Gasteiger partial charge in [-0.25, -0.2) is 0 Å². The average molecular weight is 438 g/mol. The van der Waals surface area contributed by atoms with Crippen molar-refractivity contribution in [3.8, 4) is 11.3 Å². The van der Waals surface area contributed by atoms with E-state index in [-0.39, 0.29) is 17.5 Å². The zero-order valence-electron chi connectivity index (χ0n) is 17.2. The first-order valence-electron chi connectivity index (χ1n) is 10.4. The minimum Gasteiger partial charge on any atom is -0.355 e. The minimum atomic E-state index is -0.187. The van der Waals surface area contributed by atoms with Crippen LogP contribution < -0.4 is 0 Å². The molecular weight excluding hydrogens is 414 g/mol. The molecule has 4 rings (SSSR count). The molecule has 0 atom stereocenters. The molecule has 1 aliphatic rings. The summed E-state index contributed by atoms with van der Waals surface area (Å²) in [6, 6.07) is 19.0. The number of hydrogen-bond donors (Lipinski definition) is 0. The van der Waals surface area contributed by atoms with Crippen molar-refractivity contribution in [2.75, 3.05) is 26.2 Å². The fourth-order valence-corrected chi connectivity index (χ4v) is 3.91. The van der Waals surface area contributed by atoms with Crippen molar-refractivity contribution in [3.05, 3.63) is 76.9 Å². The molecule has 0 unspecified atom stereocenters. The van der Waals surface area contributed by atoms with Gasteiger partial charge in [0.25, 0.3) is 5.91 Å². The standard InChI is InChI=1S/C24H24ClN3O3/c25-20-10-5-9-19(16-20)22-17-21(26-31-22)24(30)28-14-12-27(13-15-28)23(29)11-4-8-18-6-2-1-3-7-18/h1-3,5-7,9-10,16-17H,4,8,11-15H2. The maximum absolute atomic E-state index is 12.8. The molecule has 3 aromatic rings. The van der Waals surface area contributed by atoms with Crippen molar-refractivity contribution in [3.63, 3.8) is 0 Å². The first-order chi connectivity index (χ1) is 15.1. The highest BCUT2D eigenvalue weighted by atomic mass is 35.5. The van der Waals surface area contributed by atoms with Gasteiger partial charge in [0.1, 0.15) is 0 Å². The van der Waals surface area contributed by atoms with Gasteiger partial charge >= 0.3 is 0 Å². The van der Waals surface area contributed by atoms with E-state index in [0.29, 0.717) is 43.4 Å². The molecule has 31 heavy (non-hydrogen) atoms. The second-order valence-corrected chi connectivity index (χ2v) is 8.04. The molecule has 2 aromatic carbocycles. The number of carbonyl (C=O) groups excluding carboxylic acids is 2. The van der Waals surface area contributed by atoms with Crippen molar-refractivity contribution < 1.29 is 14.1 Å². The highest BCUT2D eigenvalue weighted by Crippen LogP contribution is 2.24. The summed E-state index contributed by atoms with van der Waals surface area (Å²) >= 11 is 6.02. The van der Waals surface area contributed by atoms with E-state index >= 15 is 0 Å². The highest BCUT2D eigenvalue weighted by Gasteiger charge is 2.26. The van der Waals surface area contributed by atoms with Gasteiger partial charge in [0.05, 0.1) is 0 Å². The number of aryl methyl sites for hydroxylation is 1. The third-order valence-electron chi connectivity index (χ3n) is 5.46. The Morgan fingerprint density at radius 2 is 1.68 bits per heavy atom. The lowest BCUT2D eigenvalue weighted by Crippen LogP contribution is -2.50. The van der Waals surface area contributed by atoms with Crippen LogP contribution in [0.5, 0.6) is 0 Å². The third-order valence-corrected chi connectivity index (χ3v) is 5.69. The van der Waals surface area contributed by atoms with Crippen LogP contribution in [0.1, 0.15) is 28.9 Å². The SMILES string of the molecule is O=C(CCCc1ccccc1)N1CCN(C(=O)c2cc(-c3cccc(Cl)c3)on2)CC1. The van der Waals surface area contributed by atoms with Crippen LogP contribution in [0.3, 0.4) is 0 Å². The molecule has 1 fully saturated rings. The Hall–Kier alpha value is -3.12. The molecule has 0 radical (unpaired) electrons. The number of amides is 2. The Kier molecular flexibility index (Phi) is 6.67. The van der Waals surface area contributed by atoms with Crippen molar-refractivity contribution >= 4 is 23.4 Å². The average Bonchev–Trinajstić information content (AvgIpc) is 3.30. The van der Waals surface area contributed by atoms with Crippen LogP contribution in [0, 0.1) is 0 Å². The van der Waals surface area contributed by atoms with Crippen LogP contribution in [-0.4, -0.2) is 52.9 Å². The number of rotatable bonds is 6. The van der Waals surface area contributed by atoms with E-state index in [1.165, 1.54) is 5.56 Å². The number of piperazine rings is 1. The summed E-state index contributed by atoms with van der Waals surface area (Å²) in [6.07, 6.45) is 2.24. The molecule has 0 bridgehead atoms. The smallest absolute Gasteiger partial charge is 0.276 e.